The summed E-state index contributed by atoms with van der Waals surface area (Å²) in [6, 6.07) is 9.58. The molecule has 2 N–H and O–H groups in total. The number of amides is 1. The van der Waals surface area contributed by atoms with Gasteiger partial charge < -0.3 is 10.1 Å². The van der Waals surface area contributed by atoms with Crippen molar-refractivity contribution in [2.45, 2.75) is 25.7 Å². The second kappa shape index (κ2) is 7.82. The summed E-state index contributed by atoms with van der Waals surface area (Å²) in [7, 11) is 0. The third kappa shape index (κ3) is 3.86. The fraction of sp³-hybridized carbons (Fsp3) is 0.190. The maximum absolute atomic E-state index is 12.1. The van der Waals surface area contributed by atoms with E-state index in [1.807, 2.05) is 24.9 Å². The SMILES string of the molecule is CC1(C)CC(=O)Nc2ccc(Oc3c(Cl)cc(-n4nc(C#N)c(=O)[nH]c4=O)cc3Cl)cc21. The zero-order chi connectivity index (χ0) is 23.2. The van der Waals surface area contributed by atoms with Crippen LogP contribution in [0.15, 0.2) is 39.9 Å². The summed E-state index contributed by atoms with van der Waals surface area (Å²) in [4.78, 5) is 37.6. The van der Waals surface area contributed by atoms with E-state index < -0.39 is 16.9 Å². The van der Waals surface area contributed by atoms with Crippen molar-refractivity contribution in [3.05, 3.63) is 72.5 Å². The smallest absolute Gasteiger partial charge is 0.349 e. The van der Waals surface area contributed by atoms with E-state index in [9.17, 15) is 14.4 Å². The number of carbonyl (C=O) groups is 1. The highest BCUT2D eigenvalue weighted by atomic mass is 35.5. The van der Waals surface area contributed by atoms with Gasteiger partial charge >= 0.3 is 5.69 Å². The van der Waals surface area contributed by atoms with E-state index in [0.29, 0.717) is 17.9 Å². The number of rotatable bonds is 3. The van der Waals surface area contributed by atoms with Gasteiger partial charge in [-0.25, -0.2) is 4.79 Å². The van der Waals surface area contributed by atoms with Crippen molar-refractivity contribution in [3.63, 3.8) is 0 Å². The van der Waals surface area contributed by atoms with Crippen LogP contribution in [0.1, 0.15) is 31.5 Å². The van der Waals surface area contributed by atoms with Gasteiger partial charge in [0.05, 0.1) is 15.7 Å². The van der Waals surface area contributed by atoms with Gasteiger partial charge in [-0.1, -0.05) is 37.0 Å². The van der Waals surface area contributed by atoms with Gasteiger partial charge in [0, 0.05) is 17.5 Å². The van der Waals surface area contributed by atoms with Gasteiger partial charge in [-0.2, -0.15) is 9.94 Å². The second-order valence-corrected chi connectivity index (χ2v) is 8.60. The molecule has 0 spiro atoms. The molecule has 2 heterocycles. The maximum atomic E-state index is 12.1. The normalized spacial score (nSPS) is 14.3. The van der Waals surface area contributed by atoms with E-state index in [4.69, 9.17) is 33.2 Å². The Balaban J connectivity index is 1.72. The third-order valence-corrected chi connectivity index (χ3v) is 5.54. The first-order chi connectivity index (χ1) is 15.1. The Morgan fingerprint density at radius 1 is 1.16 bits per heavy atom. The fourth-order valence-corrected chi connectivity index (χ4v) is 4.03. The van der Waals surface area contributed by atoms with Gasteiger partial charge in [-0.05, 0) is 35.9 Å². The van der Waals surface area contributed by atoms with Crippen LogP contribution in [0.2, 0.25) is 10.0 Å². The molecule has 1 aliphatic rings. The molecule has 0 atom stereocenters. The first-order valence-electron chi connectivity index (χ1n) is 9.34. The van der Waals surface area contributed by atoms with Gasteiger partial charge in [0.2, 0.25) is 11.6 Å². The van der Waals surface area contributed by atoms with Crippen molar-refractivity contribution in [2.24, 2.45) is 0 Å². The number of aromatic amines is 1. The topological polar surface area (TPSA) is 130 Å². The molecule has 0 saturated carbocycles. The molecule has 32 heavy (non-hydrogen) atoms. The molecule has 0 unspecified atom stereocenters. The lowest BCUT2D eigenvalue weighted by Gasteiger charge is -2.32. The largest absolute Gasteiger partial charge is 0.454 e. The molecule has 0 bridgehead atoms. The molecule has 1 aromatic heterocycles. The molecule has 9 nitrogen and oxygen atoms in total. The van der Waals surface area contributed by atoms with Crippen LogP contribution in [-0.2, 0) is 10.2 Å². The summed E-state index contributed by atoms with van der Waals surface area (Å²) in [6.45, 7) is 3.93. The number of ether oxygens (including phenoxy) is 1. The van der Waals surface area contributed by atoms with E-state index in [2.05, 4.69) is 10.4 Å². The Morgan fingerprint density at radius 2 is 1.84 bits per heavy atom. The molecule has 1 amide bonds. The van der Waals surface area contributed by atoms with E-state index in [-0.39, 0.29) is 32.8 Å². The van der Waals surface area contributed by atoms with E-state index >= 15 is 0 Å². The molecular weight excluding hydrogens is 457 g/mol. The van der Waals surface area contributed by atoms with Crippen LogP contribution < -0.4 is 21.3 Å². The van der Waals surface area contributed by atoms with Crippen molar-refractivity contribution in [1.29, 1.82) is 5.26 Å². The minimum absolute atomic E-state index is 0.0523. The van der Waals surface area contributed by atoms with E-state index in [1.165, 1.54) is 12.1 Å². The van der Waals surface area contributed by atoms with Crippen molar-refractivity contribution >= 4 is 34.8 Å². The number of fused-ring (bicyclic) bond motifs is 1. The Bertz CT molecular complexity index is 1410. The quantitative estimate of drug-likeness (QED) is 0.600. The van der Waals surface area contributed by atoms with Crippen LogP contribution >= 0.6 is 23.2 Å². The minimum atomic E-state index is -0.891. The average Bonchev–Trinajstić information content (AvgIpc) is 2.70. The molecule has 0 saturated heterocycles. The van der Waals surface area contributed by atoms with Crippen molar-refractivity contribution in [3.8, 4) is 23.3 Å². The van der Waals surface area contributed by atoms with Crippen molar-refractivity contribution in [2.75, 3.05) is 5.32 Å². The minimum Gasteiger partial charge on any atom is -0.454 e. The molecular formula is C21H15Cl2N5O4. The molecule has 11 heteroatoms. The van der Waals surface area contributed by atoms with Crippen LogP contribution in [-0.4, -0.2) is 20.7 Å². The Morgan fingerprint density at radius 3 is 2.50 bits per heavy atom. The number of halogens is 2. The molecule has 1 aliphatic heterocycles. The molecule has 162 valence electrons. The average molecular weight is 472 g/mol. The van der Waals surface area contributed by atoms with Crippen LogP contribution in [0, 0.1) is 11.3 Å². The van der Waals surface area contributed by atoms with Crippen LogP contribution in [0.3, 0.4) is 0 Å². The highest BCUT2D eigenvalue weighted by Crippen LogP contribution is 2.42. The standard InChI is InChI=1S/C21H15Cl2N5O4/c1-21(2)8-17(29)25-15-4-3-11(7-12(15)21)32-18-13(22)5-10(6-14(18)23)28-20(31)26-19(30)16(9-24)27-28/h3-7H,8H2,1-2H3,(H,25,29)(H,26,30,31). The number of H-pyrrole nitrogens is 1. The van der Waals surface area contributed by atoms with Gasteiger partial charge in [-0.3, -0.25) is 14.6 Å². The molecule has 2 aromatic carbocycles. The van der Waals surface area contributed by atoms with Crippen LogP contribution in [0.25, 0.3) is 5.69 Å². The third-order valence-electron chi connectivity index (χ3n) is 4.98. The summed E-state index contributed by atoms with van der Waals surface area (Å²) >= 11 is 12.7. The fourth-order valence-electron chi connectivity index (χ4n) is 3.48. The summed E-state index contributed by atoms with van der Waals surface area (Å²) in [5.41, 5.74) is -0.856. The number of nitrogens with one attached hydrogen (secondary N) is 2. The predicted molar refractivity (Wildman–Crippen MR) is 118 cm³/mol. The number of nitrogens with zero attached hydrogens (tertiary/aromatic N) is 3. The second-order valence-electron chi connectivity index (χ2n) is 7.79. The first kappa shape index (κ1) is 21.6. The lowest BCUT2D eigenvalue weighted by atomic mass is 9.78. The first-order valence-corrected chi connectivity index (χ1v) is 10.1. The van der Waals surface area contributed by atoms with Crippen LogP contribution in [0.5, 0.6) is 11.5 Å². The van der Waals surface area contributed by atoms with E-state index in [1.54, 1.807) is 18.2 Å². The molecule has 3 aromatic rings. The summed E-state index contributed by atoms with van der Waals surface area (Å²) in [5, 5.41) is 15.7. The van der Waals surface area contributed by atoms with Gasteiger partial charge in [-0.15, -0.1) is 5.10 Å². The van der Waals surface area contributed by atoms with Crippen molar-refractivity contribution in [1.82, 2.24) is 14.8 Å². The number of anilines is 1. The highest BCUT2D eigenvalue weighted by molar-refractivity contribution is 6.37. The Kier molecular flexibility index (Phi) is 5.28. The monoisotopic (exact) mass is 471 g/mol. The number of hydrogen-bond donors (Lipinski definition) is 2. The number of aromatic nitrogens is 3. The molecule has 0 fully saturated rings. The highest BCUT2D eigenvalue weighted by Gasteiger charge is 2.32. The Hall–Kier alpha value is -3.61. The number of hydrogen-bond acceptors (Lipinski definition) is 6. The lowest BCUT2D eigenvalue weighted by Crippen LogP contribution is -2.33. The Labute approximate surface area is 191 Å². The zero-order valence-electron chi connectivity index (χ0n) is 16.8. The lowest BCUT2D eigenvalue weighted by molar-refractivity contribution is -0.117. The predicted octanol–water partition coefficient (Wildman–Crippen LogP) is 3.51. The molecule has 4 rings (SSSR count). The molecule has 0 radical (unpaired) electrons. The summed E-state index contributed by atoms with van der Waals surface area (Å²) in [6.07, 6.45) is 0.339. The van der Waals surface area contributed by atoms with Crippen LogP contribution in [0.4, 0.5) is 5.69 Å². The molecule has 0 aliphatic carbocycles. The van der Waals surface area contributed by atoms with Gasteiger partial charge in [0.15, 0.2) is 5.75 Å². The van der Waals surface area contributed by atoms with E-state index in [0.717, 1.165) is 10.2 Å². The number of benzene rings is 2. The maximum Gasteiger partial charge on any atom is 0.349 e. The number of carbonyl (C=O) groups excluding carboxylic acids is 1. The summed E-state index contributed by atoms with van der Waals surface area (Å²) < 4.78 is 6.73. The van der Waals surface area contributed by atoms with Gasteiger partial charge in [0.1, 0.15) is 11.8 Å². The van der Waals surface area contributed by atoms with Crippen molar-refractivity contribution < 1.29 is 9.53 Å². The van der Waals surface area contributed by atoms with Gasteiger partial charge in [0.25, 0.3) is 5.56 Å². The summed E-state index contributed by atoms with van der Waals surface area (Å²) in [5.74, 6) is 0.548. The number of nitriles is 1. The zero-order valence-corrected chi connectivity index (χ0v) is 18.3.